The Labute approximate surface area is 149 Å². The molecule has 150 valence electrons. The number of rotatable bonds is 5. The molecule has 0 aliphatic carbocycles. The van der Waals surface area contributed by atoms with Crippen LogP contribution in [-0.2, 0) is 9.53 Å². The van der Waals surface area contributed by atoms with Crippen LogP contribution in [0.15, 0.2) is 24.3 Å². The number of nitrogens with one attached hydrogen (secondary N) is 2. The number of esters is 1. The molecule has 1 aromatic rings. The Morgan fingerprint density at radius 3 is 2.37 bits per heavy atom. The summed E-state index contributed by atoms with van der Waals surface area (Å²) in [6.07, 6.45) is -5.40. The summed E-state index contributed by atoms with van der Waals surface area (Å²) >= 11 is 0. The molecule has 1 aliphatic rings. The van der Waals surface area contributed by atoms with E-state index in [4.69, 9.17) is 0 Å². The van der Waals surface area contributed by atoms with Crippen molar-refractivity contribution in [1.29, 1.82) is 0 Å². The predicted molar refractivity (Wildman–Crippen MR) is 78.6 cm³/mol. The van der Waals surface area contributed by atoms with Gasteiger partial charge in [-0.15, -0.1) is 0 Å². The SMILES string of the molecule is CCOC(=O)[C@@H]1[C@@H](c2ccc(OC(F)F)cc2)NC(=O)N[C@]1(O)C(F)(F)F. The standard InChI is InChI=1S/C15H15F5N2O5/c1-2-26-11(23)9-10(7-3-5-8(6-4-7)27-12(16)17)21-13(24)22-14(9,25)15(18,19)20/h3-6,9-10,12,25H,2H2,1H3,(H2,21,22,24)/t9-,10+,14+/m0/s1. The lowest BCUT2D eigenvalue weighted by Gasteiger charge is -2.44. The lowest BCUT2D eigenvalue weighted by Crippen LogP contribution is -2.73. The molecule has 0 spiro atoms. The average Bonchev–Trinajstić information content (AvgIpc) is 2.53. The number of amides is 2. The molecule has 3 N–H and O–H groups in total. The minimum Gasteiger partial charge on any atom is -0.466 e. The second-order valence-electron chi connectivity index (χ2n) is 5.52. The van der Waals surface area contributed by atoms with Gasteiger partial charge in [-0.3, -0.25) is 4.79 Å². The van der Waals surface area contributed by atoms with Crippen molar-refractivity contribution in [2.24, 2.45) is 5.92 Å². The first-order chi connectivity index (χ1) is 12.5. The maximum Gasteiger partial charge on any atom is 0.437 e. The van der Waals surface area contributed by atoms with Gasteiger partial charge in [0.05, 0.1) is 12.6 Å². The van der Waals surface area contributed by atoms with Gasteiger partial charge in [0.15, 0.2) is 0 Å². The molecule has 1 heterocycles. The summed E-state index contributed by atoms with van der Waals surface area (Å²) in [6, 6.07) is 1.17. The van der Waals surface area contributed by atoms with Gasteiger partial charge in [0.2, 0.25) is 0 Å². The molecule has 1 aliphatic heterocycles. The lowest BCUT2D eigenvalue weighted by molar-refractivity contribution is -0.294. The van der Waals surface area contributed by atoms with Crippen molar-refractivity contribution in [2.45, 2.75) is 31.5 Å². The summed E-state index contributed by atoms with van der Waals surface area (Å²) in [6.45, 7) is -2.03. The van der Waals surface area contributed by atoms with Crippen LogP contribution < -0.4 is 15.4 Å². The van der Waals surface area contributed by atoms with Crippen LogP contribution in [0.2, 0.25) is 0 Å². The number of carbonyl (C=O) groups is 2. The number of alkyl halides is 5. The van der Waals surface area contributed by atoms with Crippen LogP contribution in [0.3, 0.4) is 0 Å². The molecule has 0 radical (unpaired) electrons. The second-order valence-corrected chi connectivity index (χ2v) is 5.52. The van der Waals surface area contributed by atoms with Crippen molar-refractivity contribution >= 4 is 12.0 Å². The normalized spacial score (nSPS) is 25.6. The van der Waals surface area contributed by atoms with Crippen LogP contribution in [0.1, 0.15) is 18.5 Å². The van der Waals surface area contributed by atoms with Crippen LogP contribution in [0.5, 0.6) is 5.75 Å². The third-order valence-corrected chi connectivity index (χ3v) is 3.81. The highest BCUT2D eigenvalue weighted by atomic mass is 19.4. The van der Waals surface area contributed by atoms with Crippen LogP contribution in [0.4, 0.5) is 26.7 Å². The van der Waals surface area contributed by atoms with Crippen molar-refractivity contribution < 1.29 is 46.1 Å². The number of aliphatic hydroxyl groups is 1. The molecule has 2 amide bonds. The minimum absolute atomic E-state index is 0.0628. The molecule has 1 saturated heterocycles. The fraction of sp³-hybridized carbons (Fsp3) is 0.467. The summed E-state index contributed by atoms with van der Waals surface area (Å²) in [5.74, 6) is -3.99. The number of hydrogen-bond acceptors (Lipinski definition) is 5. The second kappa shape index (κ2) is 7.55. The smallest absolute Gasteiger partial charge is 0.437 e. The zero-order valence-corrected chi connectivity index (χ0v) is 13.7. The Morgan fingerprint density at radius 2 is 1.89 bits per heavy atom. The fourth-order valence-electron chi connectivity index (χ4n) is 2.67. The van der Waals surface area contributed by atoms with Crippen molar-refractivity contribution in [3.05, 3.63) is 29.8 Å². The summed E-state index contributed by atoms with van der Waals surface area (Å²) < 4.78 is 73.5. The topological polar surface area (TPSA) is 96.9 Å². The molecule has 0 aromatic heterocycles. The van der Waals surface area contributed by atoms with Crippen LogP contribution in [-0.4, -0.2) is 42.2 Å². The van der Waals surface area contributed by atoms with E-state index in [-0.39, 0.29) is 17.9 Å². The van der Waals surface area contributed by atoms with E-state index >= 15 is 0 Å². The third-order valence-electron chi connectivity index (χ3n) is 3.81. The molecule has 1 aromatic carbocycles. The first-order valence-electron chi connectivity index (χ1n) is 7.58. The van der Waals surface area contributed by atoms with Gasteiger partial charge < -0.3 is 25.2 Å². The van der Waals surface area contributed by atoms with Gasteiger partial charge in [0, 0.05) is 0 Å². The quantitative estimate of drug-likeness (QED) is 0.521. The lowest BCUT2D eigenvalue weighted by atomic mass is 9.82. The van der Waals surface area contributed by atoms with Gasteiger partial charge in [-0.2, -0.15) is 22.0 Å². The predicted octanol–water partition coefficient (Wildman–Crippen LogP) is 2.07. The molecule has 27 heavy (non-hydrogen) atoms. The van der Waals surface area contributed by atoms with Crippen molar-refractivity contribution in [3.8, 4) is 5.75 Å². The monoisotopic (exact) mass is 398 g/mol. The van der Waals surface area contributed by atoms with E-state index in [2.05, 4.69) is 14.8 Å². The summed E-state index contributed by atoms with van der Waals surface area (Å²) in [7, 11) is 0. The zero-order valence-electron chi connectivity index (χ0n) is 13.7. The van der Waals surface area contributed by atoms with Crippen molar-refractivity contribution in [3.63, 3.8) is 0 Å². The molecule has 1 fully saturated rings. The average molecular weight is 398 g/mol. The van der Waals surface area contributed by atoms with E-state index in [0.717, 1.165) is 24.3 Å². The van der Waals surface area contributed by atoms with Gasteiger partial charge in [-0.05, 0) is 24.6 Å². The van der Waals surface area contributed by atoms with Crippen LogP contribution in [0, 0.1) is 5.92 Å². The highest BCUT2D eigenvalue weighted by molar-refractivity contribution is 5.83. The van der Waals surface area contributed by atoms with E-state index in [1.165, 1.54) is 12.2 Å². The van der Waals surface area contributed by atoms with Gasteiger partial charge in [-0.1, -0.05) is 12.1 Å². The molecular formula is C15H15F5N2O5. The Hall–Kier alpha value is -2.63. The van der Waals surface area contributed by atoms with Crippen LogP contribution >= 0.6 is 0 Å². The van der Waals surface area contributed by atoms with Crippen LogP contribution in [0.25, 0.3) is 0 Å². The fourth-order valence-corrected chi connectivity index (χ4v) is 2.67. The van der Waals surface area contributed by atoms with E-state index < -0.39 is 42.5 Å². The molecule has 12 heteroatoms. The van der Waals surface area contributed by atoms with Gasteiger partial charge in [0.25, 0.3) is 5.72 Å². The van der Waals surface area contributed by atoms with E-state index in [1.54, 1.807) is 0 Å². The molecule has 2 rings (SSSR count). The maximum absolute atomic E-state index is 13.4. The number of urea groups is 1. The summed E-state index contributed by atoms with van der Waals surface area (Å²) in [5, 5.41) is 13.5. The number of hydrogen-bond donors (Lipinski definition) is 3. The highest BCUT2D eigenvalue weighted by Crippen LogP contribution is 2.43. The number of carbonyl (C=O) groups excluding carboxylic acids is 2. The Kier molecular flexibility index (Phi) is 5.78. The number of benzene rings is 1. The van der Waals surface area contributed by atoms with Gasteiger partial charge >= 0.3 is 24.8 Å². The van der Waals surface area contributed by atoms with Crippen molar-refractivity contribution in [2.75, 3.05) is 6.61 Å². The number of halogens is 5. The highest BCUT2D eigenvalue weighted by Gasteiger charge is 2.67. The maximum atomic E-state index is 13.4. The molecule has 3 atom stereocenters. The van der Waals surface area contributed by atoms with Gasteiger partial charge in [-0.25, -0.2) is 4.79 Å². The first kappa shape index (κ1) is 20.7. The van der Waals surface area contributed by atoms with E-state index in [1.807, 2.05) is 0 Å². The third kappa shape index (κ3) is 4.21. The molecule has 0 bridgehead atoms. The molecule has 7 nitrogen and oxygen atoms in total. The van der Waals surface area contributed by atoms with E-state index in [9.17, 15) is 36.6 Å². The zero-order chi connectivity index (χ0) is 20.4. The molecular weight excluding hydrogens is 383 g/mol. The Morgan fingerprint density at radius 1 is 1.30 bits per heavy atom. The van der Waals surface area contributed by atoms with Crippen molar-refractivity contribution in [1.82, 2.24) is 10.6 Å². The minimum atomic E-state index is -5.40. The Bertz CT molecular complexity index is 697. The first-order valence-corrected chi connectivity index (χ1v) is 7.58. The van der Waals surface area contributed by atoms with Gasteiger partial charge in [0.1, 0.15) is 11.7 Å². The largest absolute Gasteiger partial charge is 0.466 e. The van der Waals surface area contributed by atoms with E-state index in [0.29, 0.717) is 0 Å². The summed E-state index contributed by atoms with van der Waals surface area (Å²) in [4.78, 5) is 23.9. The number of ether oxygens (including phenoxy) is 2. The molecule has 0 saturated carbocycles. The molecule has 0 unspecified atom stereocenters. The summed E-state index contributed by atoms with van der Waals surface area (Å²) in [5.41, 5.74) is -3.96. The Balaban J connectivity index is 2.47.